The fourth-order valence-electron chi connectivity index (χ4n) is 2.61. The van der Waals surface area contributed by atoms with Gasteiger partial charge < -0.3 is 10.3 Å². The van der Waals surface area contributed by atoms with E-state index in [1.54, 1.807) is 17.6 Å². The number of hydrogen-bond donors (Lipinski definition) is 1. The summed E-state index contributed by atoms with van der Waals surface area (Å²) < 4.78 is 15.9. The minimum absolute atomic E-state index is 0.208. The molecule has 1 heterocycles. The fraction of sp³-hybridized carbons (Fsp3) is 0.118. The molecule has 0 spiro atoms. The minimum atomic E-state index is -0.458. The molecule has 0 aliphatic carbocycles. The lowest BCUT2D eigenvalue weighted by atomic mass is 10.1. The Kier molecular flexibility index (Phi) is 3.31. The number of halogens is 1. The first-order chi connectivity index (χ1) is 10.1. The van der Waals surface area contributed by atoms with Gasteiger partial charge >= 0.3 is 0 Å². The van der Waals surface area contributed by atoms with Gasteiger partial charge in [0, 0.05) is 11.5 Å². The second-order valence-corrected chi connectivity index (χ2v) is 5.01. The predicted octanol–water partition coefficient (Wildman–Crippen LogP) is 3.28. The molecule has 3 nitrogen and oxygen atoms in total. The molecule has 0 saturated heterocycles. The van der Waals surface area contributed by atoms with E-state index < -0.39 is 12.0 Å². The van der Waals surface area contributed by atoms with Crippen LogP contribution in [0.25, 0.3) is 22.2 Å². The van der Waals surface area contributed by atoms with Gasteiger partial charge in [0.25, 0.3) is 0 Å². The molecule has 3 rings (SSSR count). The Morgan fingerprint density at radius 2 is 1.81 bits per heavy atom. The molecule has 0 saturated carbocycles. The molecule has 0 aliphatic heterocycles. The van der Waals surface area contributed by atoms with E-state index in [-0.39, 0.29) is 10.9 Å². The molecule has 2 aromatic carbocycles. The van der Waals surface area contributed by atoms with Crippen molar-refractivity contribution in [2.45, 2.75) is 13.1 Å². The number of para-hydroxylation sites is 1. The molecule has 0 aliphatic rings. The maximum absolute atomic E-state index is 14.3. The van der Waals surface area contributed by atoms with Gasteiger partial charge in [-0.05, 0) is 24.6 Å². The van der Waals surface area contributed by atoms with Crippen LogP contribution in [0.5, 0.6) is 0 Å². The molecule has 2 N–H and O–H groups in total. The van der Waals surface area contributed by atoms with Crippen LogP contribution in [0.2, 0.25) is 0 Å². The molecule has 0 radical (unpaired) electrons. The van der Waals surface area contributed by atoms with E-state index in [0.717, 1.165) is 5.56 Å². The predicted molar refractivity (Wildman–Crippen MR) is 82.5 cm³/mol. The van der Waals surface area contributed by atoms with Gasteiger partial charge in [0.05, 0.1) is 17.4 Å². The summed E-state index contributed by atoms with van der Waals surface area (Å²) >= 11 is 0. The van der Waals surface area contributed by atoms with Crippen LogP contribution in [0.15, 0.2) is 59.4 Å². The van der Waals surface area contributed by atoms with Crippen molar-refractivity contribution >= 4 is 10.9 Å². The molecule has 1 unspecified atom stereocenters. The van der Waals surface area contributed by atoms with E-state index in [1.807, 2.05) is 30.3 Å². The summed E-state index contributed by atoms with van der Waals surface area (Å²) in [5.74, 6) is -0.445. The first kappa shape index (κ1) is 13.5. The molecule has 0 fully saturated rings. The molecule has 1 aromatic heterocycles. The van der Waals surface area contributed by atoms with Gasteiger partial charge in [-0.15, -0.1) is 0 Å². The largest absolute Gasteiger partial charge is 0.322 e. The third-order valence-corrected chi connectivity index (χ3v) is 3.50. The van der Waals surface area contributed by atoms with Crippen LogP contribution < -0.4 is 11.2 Å². The Balaban J connectivity index is 2.49. The second kappa shape index (κ2) is 5.14. The lowest BCUT2D eigenvalue weighted by Gasteiger charge is -2.20. The highest BCUT2D eigenvalue weighted by Gasteiger charge is 2.15. The monoisotopic (exact) mass is 282 g/mol. The fourth-order valence-corrected chi connectivity index (χ4v) is 2.61. The number of hydrogen-bond acceptors (Lipinski definition) is 2. The summed E-state index contributed by atoms with van der Waals surface area (Å²) in [6.07, 6.45) is -0.458. The van der Waals surface area contributed by atoms with E-state index in [1.165, 1.54) is 18.2 Å². The summed E-state index contributed by atoms with van der Waals surface area (Å²) in [6, 6.07) is 15.4. The summed E-state index contributed by atoms with van der Waals surface area (Å²) in [5.41, 5.74) is 7.52. The molecule has 21 heavy (non-hydrogen) atoms. The van der Waals surface area contributed by atoms with Crippen LogP contribution in [0, 0.1) is 5.82 Å². The average Bonchev–Trinajstić information content (AvgIpc) is 2.48. The Bertz CT molecular complexity index is 854. The van der Waals surface area contributed by atoms with E-state index in [0.29, 0.717) is 11.1 Å². The Hall–Kier alpha value is -2.46. The maximum Gasteiger partial charge on any atom is 0.190 e. The SMILES string of the molecule is CC(N)n1c(-c2ccccc2)cc(=O)c2cccc(F)c21. The Morgan fingerprint density at radius 1 is 1.10 bits per heavy atom. The van der Waals surface area contributed by atoms with Crippen molar-refractivity contribution < 1.29 is 4.39 Å². The van der Waals surface area contributed by atoms with Crippen molar-refractivity contribution in [3.05, 3.63) is 70.6 Å². The smallest absolute Gasteiger partial charge is 0.190 e. The molecule has 0 amide bonds. The summed E-state index contributed by atoms with van der Waals surface area (Å²) in [4.78, 5) is 12.3. The average molecular weight is 282 g/mol. The highest BCUT2D eigenvalue weighted by molar-refractivity contribution is 5.83. The number of fused-ring (bicyclic) bond motifs is 1. The van der Waals surface area contributed by atoms with Crippen molar-refractivity contribution in [1.29, 1.82) is 0 Å². The molecule has 3 aromatic rings. The summed E-state index contributed by atoms with van der Waals surface area (Å²) in [5, 5.41) is 0.340. The lowest BCUT2D eigenvalue weighted by Crippen LogP contribution is -2.21. The molecule has 4 heteroatoms. The van der Waals surface area contributed by atoms with Crippen molar-refractivity contribution in [3.8, 4) is 11.3 Å². The standard InChI is InChI=1S/C17H15FN2O/c1-11(19)20-15(12-6-3-2-4-7-12)10-16(21)13-8-5-9-14(18)17(13)20/h2-11H,19H2,1H3. The Labute approximate surface area is 121 Å². The Morgan fingerprint density at radius 3 is 2.48 bits per heavy atom. The number of rotatable bonds is 2. The zero-order valence-electron chi connectivity index (χ0n) is 11.6. The van der Waals surface area contributed by atoms with E-state index in [2.05, 4.69) is 0 Å². The normalized spacial score (nSPS) is 12.5. The van der Waals surface area contributed by atoms with Crippen molar-refractivity contribution in [1.82, 2.24) is 4.57 Å². The van der Waals surface area contributed by atoms with E-state index in [9.17, 15) is 9.18 Å². The number of nitrogens with two attached hydrogens (primary N) is 1. The third-order valence-electron chi connectivity index (χ3n) is 3.50. The van der Waals surface area contributed by atoms with Crippen LogP contribution in [-0.2, 0) is 0 Å². The quantitative estimate of drug-likeness (QED) is 0.784. The number of pyridine rings is 1. The van der Waals surface area contributed by atoms with Crippen LogP contribution in [0.1, 0.15) is 13.1 Å². The van der Waals surface area contributed by atoms with Crippen LogP contribution in [0.3, 0.4) is 0 Å². The first-order valence-electron chi connectivity index (χ1n) is 6.74. The maximum atomic E-state index is 14.3. The van der Waals surface area contributed by atoms with Crippen molar-refractivity contribution in [2.75, 3.05) is 0 Å². The van der Waals surface area contributed by atoms with Crippen LogP contribution >= 0.6 is 0 Å². The summed E-state index contributed by atoms with van der Waals surface area (Å²) in [7, 11) is 0. The third kappa shape index (κ3) is 2.23. The summed E-state index contributed by atoms with van der Waals surface area (Å²) in [6.45, 7) is 1.77. The van der Waals surface area contributed by atoms with Crippen LogP contribution in [0.4, 0.5) is 4.39 Å². The zero-order valence-corrected chi connectivity index (χ0v) is 11.6. The van der Waals surface area contributed by atoms with Crippen LogP contribution in [-0.4, -0.2) is 4.57 Å². The molecular weight excluding hydrogens is 267 g/mol. The molecule has 106 valence electrons. The van der Waals surface area contributed by atoms with Gasteiger partial charge in [0.15, 0.2) is 5.43 Å². The molecule has 0 bridgehead atoms. The first-order valence-corrected chi connectivity index (χ1v) is 6.74. The number of aromatic nitrogens is 1. The number of nitrogens with zero attached hydrogens (tertiary/aromatic N) is 1. The molecular formula is C17H15FN2O. The zero-order chi connectivity index (χ0) is 15.0. The van der Waals surface area contributed by atoms with Crippen molar-refractivity contribution in [2.24, 2.45) is 5.73 Å². The number of benzene rings is 2. The van der Waals surface area contributed by atoms with Gasteiger partial charge in [0.1, 0.15) is 5.82 Å². The van der Waals surface area contributed by atoms with Gasteiger partial charge in [0.2, 0.25) is 0 Å². The highest BCUT2D eigenvalue weighted by Crippen LogP contribution is 2.26. The highest BCUT2D eigenvalue weighted by atomic mass is 19.1. The van der Waals surface area contributed by atoms with E-state index >= 15 is 0 Å². The minimum Gasteiger partial charge on any atom is -0.322 e. The van der Waals surface area contributed by atoms with Gasteiger partial charge in [-0.2, -0.15) is 0 Å². The topological polar surface area (TPSA) is 48.0 Å². The van der Waals surface area contributed by atoms with E-state index in [4.69, 9.17) is 5.73 Å². The van der Waals surface area contributed by atoms with Gasteiger partial charge in [-0.1, -0.05) is 36.4 Å². The lowest BCUT2D eigenvalue weighted by molar-refractivity contribution is 0.569. The van der Waals surface area contributed by atoms with Gasteiger partial charge in [-0.3, -0.25) is 4.79 Å². The van der Waals surface area contributed by atoms with Crippen molar-refractivity contribution in [3.63, 3.8) is 0 Å². The second-order valence-electron chi connectivity index (χ2n) is 5.01. The van der Waals surface area contributed by atoms with Gasteiger partial charge in [-0.25, -0.2) is 4.39 Å². The molecule has 1 atom stereocenters.